The molecule has 0 aliphatic carbocycles. The average molecular weight is 711 g/mol. The van der Waals surface area contributed by atoms with Gasteiger partial charge < -0.3 is 60.4 Å². The Bertz CT molecular complexity index is 1520. The fourth-order valence-electron chi connectivity index (χ4n) is 5.63. The lowest BCUT2D eigenvalue weighted by Crippen LogP contribution is -2.56. The number of hydrogen-bond donors (Lipinski definition) is 11. The SMILES string of the molecule is Cc1ccc2cc1C[C@@H](C(=O)NCCC[C@H](N)C(=O)NCC[C@H](N)C(=O)NCCN)NC(=O)[C@H](CCCN)NC(=O)[C@@H](N)Cc1cc-2ccc1O. The van der Waals surface area contributed by atoms with Gasteiger partial charge in [-0.3, -0.25) is 24.0 Å². The second kappa shape index (κ2) is 20.3. The van der Waals surface area contributed by atoms with E-state index in [4.69, 9.17) is 28.7 Å². The number of aryl methyl sites for hydroxylation is 1. The van der Waals surface area contributed by atoms with Crippen molar-refractivity contribution >= 4 is 29.5 Å². The number of carbonyl (C=O) groups is 5. The van der Waals surface area contributed by atoms with Crippen LogP contribution in [0, 0.1) is 6.92 Å². The van der Waals surface area contributed by atoms with Gasteiger partial charge in [-0.15, -0.1) is 0 Å². The van der Waals surface area contributed by atoms with Crippen LogP contribution in [0.2, 0.25) is 0 Å². The fraction of sp³-hybridized carbons (Fsp3) is 0.514. The van der Waals surface area contributed by atoms with Gasteiger partial charge in [0.25, 0.3) is 0 Å². The molecule has 1 heterocycles. The third kappa shape index (κ3) is 12.6. The summed E-state index contributed by atoms with van der Waals surface area (Å²) in [5.74, 6) is -2.37. The van der Waals surface area contributed by atoms with Gasteiger partial charge in [0.1, 0.15) is 17.8 Å². The minimum absolute atomic E-state index is 0.000646. The van der Waals surface area contributed by atoms with Crippen molar-refractivity contribution in [1.82, 2.24) is 26.6 Å². The smallest absolute Gasteiger partial charge is 0.243 e. The van der Waals surface area contributed by atoms with Crippen LogP contribution in [-0.4, -0.2) is 97.6 Å². The molecule has 1 aliphatic rings. The number of aromatic hydroxyl groups is 1. The molecule has 2 aromatic carbocycles. The number of benzene rings is 2. The zero-order chi connectivity index (χ0) is 37.5. The van der Waals surface area contributed by atoms with E-state index >= 15 is 0 Å². The van der Waals surface area contributed by atoms with E-state index in [1.54, 1.807) is 18.2 Å². The van der Waals surface area contributed by atoms with Crippen LogP contribution in [-0.2, 0) is 36.8 Å². The van der Waals surface area contributed by atoms with Crippen LogP contribution in [0.3, 0.4) is 0 Å². The first kappa shape index (κ1) is 40.8. The average Bonchev–Trinajstić information content (AvgIpc) is 3.11. The molecule has 0 aromatic heterocycles. The summed E-state index contributed by atoms with van der Waals surface area (Å²) in [6.45, 7) is 3.13. The molecule has 16 nitrogen and oxygen atoms in total. The van der Waals surface area contributed by atoms with Crippen LogP contribution in [0.5, 0.6) is 5.75 Å². The van der Waals surface area contributed by atoms with E-state index in [0.29, 0.717) is 31.5 Å². The van der Waals surface area contributed by atoms with Crippen molar-refractivity contribution in [3.8, 4) is 16.9 Å². The Kier molecular flexibility index (Phi) is 16.2. The monoisotopic (exact) mass is 710 g/mol. The van der Waals surface area contributed by atoms with Crippen LogP contribution < -0.4 is 55.3 Å². The largest absolute Gasteiger partial charge is 0.508 e. The van der Waals surface area contributed by atoms with Gasteiger partial charge in [-0.1, -0.05) is 24.3 Å². The van der Waals surface area contributed by atoms with E-state index in [0.717, 1.165) is 22.3 Å². The molecule has 5 atom stereocenters. The van der Waals surface area contributed by atoms with Crippen molar-refractivity contribution < 1.29 is 29.1 Å². The zero-order valence-corrected chi connectivity index (χ0v) is 29.2. The molecule has 0 spiro atoms. The Morgan fingerprint density at radius 1 is 0.804 bits per heavy atom. The molecule has 0 saturated carbocycles. The van der Waals surface area contributed by atoms with Gasteiger partial charge in [0.2, 0.25) is 29.5 Å². The van der Waals surface area contributed by atoms with Crippen LogP contribution >= 0.6 is 0 Å². The number of amides is 5. The summed E-state index contributed by atoms with van der Waals surface area (Å²) in [5, 5.41) is 24.2. The van der Waals surface area contributed by atoms with Gasteiger partial charge in [0.05, 0.1) is 18.1 Å². The van der Waals surface area contributed by atoms with Crippen LogP contribution in [0.15, 0.2) is 36.4 Å². The number of nitrogens with two attached hydrogens (primary N) is 5. The van der Waals surface area contributed by atoms with Crippen LogP contribution in [0.4, 0.5) is 0 Å². The summed E-state index contributed by atoms with van der Waals surface area (Å²) in [7, 11) is 0. The number of phenols is 1. The third-order valence-electron chi connectivity index (χ3n) is 8.79. The number of phenolic OH excluding ortho intramolecular Hbond substituents is 1. The number of carbonyl (C=O) groups excluding carboxylic acids is 5. The number of nitrogens with one attached hydrogen (secondary N) is 5. The molecule has 16 N–H and O–H groups in total. The van der Waals surface area contributed by atoms with Gasteiger partial charge in [0, 0.05) is 39.0 Å². The lowest BCUT2D eigenvalue weighted by molar-refractivity contribution is -0.132. The Morgan fingerprint density at radius 2 is 1.45 bits per heavy atom. The van der Waals surface area contributed by atoms with Crippen molar-refractivity contribution in [2.75, 3.05) is 32.7 Å². The summed E-state index contributed by atoms with van der Waals surface area (Å²) >= 11 is 0. The number of rotatable bonds is 15. The topological polar surface area (TPSA) is 296 Å². The molecule has 280 valence electrons. The molecule has 2 aromatic rings. The van der Waals surface area contributed by atoms with Gasteiger partial charge in [0.15, 0.2) is 0 Å². The lowest BCUT2D eigenvalue weighted by atomic mass is 9.93. The molecule has 4 bridgehead atoms. The van der Waals surface area contributed by atoms with E-state index in [1.165, 1.54) is 0 Å². The van der Waals surface area contributed by atoms with Crippen LogP contribution in [0.1, 0.15) is 48.8 Å². The van der Waals surface area contributed by atoms with E-state index in [-0.39, 0.29) is 63.4 Å². The van der Waals surface area contributed by atoms with Crippen molar-refractivity contribution in [2.45, 2.75) is 82.1 Å². The second-order valence-corrected chi connectivity index (χ2v) is 12.9. The molecule has 0 unspecified atom stereocenters. The van der Waals surface area contributed by atoms with E-state index in [1.807, 2.05) is 25.1 Å². The molecular weight excluding hydrogens is 656 g/mol. The van der Waals surface area contributed by atoms with Gasteiger partial charge in [-0.2, -0.15) is 0 Å². The minimum Gasteiger partial charge on any atom is -0.508 e. The predicted octanol–water partition coefficient (Wildman–Crippen LogP) is -2.37. The minimum atomic E-state index is -1.06. The van der Waals surface area contributed by atoms with Crippen molar-refractivity contribution in [1.29, 1.82) is 0 Å². The zero-order valence-electron chi connectivity index (χ0n) is 29.2. The summed E-state index contributed by atoms with van der Waals surface area (Å²) < 4.78 is 0. The van der Waals surface area contributed by atoms with E-state index in [9.17, 15) is 29.1 Å². The Hall–Kier alpha value is -4.61. The summed E-state index contributed by atoms with van der Waals surface area (Å²) in [4.78, 5) is 64.7. The first-order valence-electron chi connectivity index (χ1n) is 17.4. The van der Waals surface area contributed by atoms with Crippen molar-refractivity contribution in [3.05, 3.63) is 53.1 Å². The normalized spacial score (nSPS) is 19.0. The van der Waals surface area contributed by atoms with Crippen LogP contribution in [0.25, 0.3) is 11.1 Å². The maximum absolute atomic E-state index is 13.6. The van der Waals surface area contributed by atoms with Gasteiger partial charge in [-0.25, -0.2) is 0 Å². The third-order valence-corrected chi connectivity index (χ3v) is 8.79. The second-order valence-electron chi connectivity index (χ2n) is 12.9. The quantitative estimate of drug-likeness (QED) is 0.0869. The number of hydrogen-bond acceptors (Lipinski definition) is 11. The molecule has 16 heteroatoms. The Balaban J connectivity index is 1.72. The highest BCUT2D eigenvalue weighted by atomic mass is 16.3. The van der Waals surface area contributed by atoms with Crippen molar-refractivity contribution in [3.63, 3.8) is 0 Å². The predicted molar refractivity (Wildman–Crippen MR) is 194 cm³/mol. The molecular formula is C35H54N10O6. The molecule has 0 fully saturated rings. The first-order chi connectivity index (χ1) is 24.3. The van der Waals surface area contributed by atoms with Gasteiger partial charge >= 0.3 is 0 Å². The first-order valence-corrected chi connectivity index (χ1v) is 17.4. The summed E-state index contributed by atoms with van der Waals surface area (Å²) in [5.41, 5.74) is 33.0. The highest BCUT2D eigenvalue weighted by Gasteiger charge is 2.29. The van der Waals surface area contributed by atoms with Crippen molar-refractivity contribution in [2.24, 2.45) is 28.7 Å². The standard InChI is InChI=1S/C35H54N10O6/c1-20-6-7-21-16-23(20)19-29(34(50)41-13-3-4-25(38)31(47)42-14-10-26(39)32(48)43-15-12-37)45-35(51)28(5-2-11-36)44-33(49)27(40)18-24-17-22(21)8-9-30(24)46/h6-9,16-17,25-29,46H,2-5,10-15,18-19,36-40H2,1H3,(H,41,50)(H,42,47)(H,43,48)(H,44,49)(H,45,51)/t25-,26-,27-,28-,29-/m0/s1. The Labute approximate surface area is 298 Å². The lowest BCUT2D eigenvalue weighted by Gasteiger charge is -2.25. The van der Waals surface area contributed by atoms with E-state index < -0.39 is 53.8 Å². The molecule has 0 radical (unpaired) electrons. The molecule has 0 saturated heterocycles. The maximum atomic E-state index is 13.6. The highest BCUT2D eigenvalue weighted by molar-refractivity contribution is 5.93. The molecule has 1 aliphatic heterocycles. The Morgan fingerprint density at radius 3 is 2.14 bits per heavy atom. The molecule has 5 amide bonds. The van der Waals surface area contributed by atoms with E-state index in [2.05, 4.69) is 26.6 Å². The summed E-state index contributed by atoms with van der Waals surface area (Å²) in [6, 6.07) is 6.13. The van der Waals surface area contributed by atoms with Gasteiger partial charge in [-0.05, 0) is 85.5 Å². The number of fused-ring (bicyclic) bond motifs is 5. The molecule has 51 heavy (non-hydrogen) atoms. The summed E-state index contributed by atoms with van der Waals surface area (Å²) in [6.07, 6.45) is 1.68. The molecule has 3 rings (SSSR count). The highest BCUT2D eigenvalue weighted by Crippen LogP contribution is 2.29. The maximum Gasteiger partial charge on any atom is 0.243 e. The fourth-order valence-corrected chi connectivity index (χ4v) is 5.63.